The number of hydrogen-bond acceptors (Lipinski definition) is 6. The minimum Gasteiger partial charge on any atom is -0.493 e. The van der Waals surface area contributed by atoms with Crippen LogP contribution in [0.3, 0.4) is 0 Å². The lowest BCUT2D eigenvalue weighted by atomic mass is 10.2. The van der Waals surface area contributed by atoms with E-state index in [1.165, 1.54) is 11.3 Å². The van der Waals surface area contributed by atoms with Crippen molar-refractivity contribution in [3.05, 3.63) is 63.9 Å². The van der Waals surface area contributed by atoms with Gasteiger partial charge >= 0.3 is 0 Å². The molecule has 0 unspecified atom stereocenters. The molecule has 0 radical (unpaired) electrons. The van der Waals surface area contributed by atoms with Crippen LogP contribution in [0.25, 0.3) is 0 Å². The normalized spacial score (nSPS) is 10.8. The van der Waals surface area contributed by atoms with Crippen molar-refractivity contribution in [3.8, 4) is 11.5 Å². The van der Waals surface area contributed by atoms with E-state index >= 15 is 0 Å². The molecular weight excluding hydrogens is 374 g/mol. The Morgan fingerprint density at radius 3 is 2.57 bits per heavy atom. The maximum atomic E-state index is 12.7. The van der Waals surface area contributed by atoms with Crippen LogP contribution in [0.4, 0.5) is 5.69 Å². The molecule has 0 aliphatic heterocycles. The van der Waals surface area contributed by atoms with Crippen molar-refractivity contribution in [2.24, 2.45) is 0 Å². The lowest BCUT2D eigenvalue weighted by Crippen LogP contribution is -2.11. The molecule has 6 nitrogen and oxygen atoms in total. The Bertz CT molecular complexity index is 955. The van der Waals surface area contributed by atoms with Gasteiger partial charge in [-0.05, 0) is 36.8 Å². The second kappa shape index (κ2) is 8.84. The van der Waals surface area contributed by atoms with E-state index in [0.29, 0.717) is 34.6 Å². The van der Waals surface area contributed by atoms with Gasteiger partial charge < -0.3 is 14.8 Å². The van der Waals surface area contributed by atoms with Gasteiger partial charge in [0.2, 0.25) is 0 Å². The number of thiazole rings is 1. The van der Waals surface area contributed by atoms with Crippen molar-refractivity contribution in [1.82, 2.24) is 9.97 Å². The molecule has 0 saturated heterocycles. The van der Waals surface area contributed by atoms with Gasteiger partial charge in [-0.1, -0.05) is 13.8 Å². The predicted molar refractivity (Wildman–Crippen MR) is 110 cm³/mol. The third-order valence-corrected chi connectivity index (χ3v) is 5.54. The molecule has 1 amide bonds. The van der Waals surface area contributed by atoms with Crippen LogP contribution in [0, 0.1) is 6.92 Å². The van der Waals surface area contributed by atoms with E-state index in [1.54, 1.807) is 37.7 Å². The molecule has 28 heavy (non-hydrogen) atoms. The summed E-state index contributed by atoms with van der Waals surface area (Å²) in [6.45, 7) is 6.36. The number of pyridine rings is 1. The van der Waals surface area contributed by atoms with E-state index in [4.69, 9.17) is 9.47 Å². The summed E-state index contributed by atoms with van der Waals surface area (Å²) in [6, 6.07) is 9.10. The molecule has 0 atom stereocenters. The summed E-state index contributed by atoms with van der Waals surface area (Å²) in [4.78, 5) is 21.8. The number of benzene rings is 1. The average Bonchev–Trinajstić information content (AvgIpc) is 3.09. The Labute approximate surface area is 168 Å². The van der Waals surface area contributed by atoms with E-state index in [1.807, 2.05) is 19.1 Å². The van der Waals surface area contributed by atoms with Gasteiger partial charge in [-0.3, -0.25) is 9.78 Å². The summed E-state index contributed by atoms with van der Waals surface area (Å²) in [5.74, 6) is 1.27. The van der Waals surface area contributed by atoms with Crippen LogP contribution >= 0.6 is 11.3 Å². The number of hydrogen-bond donors (Lipinski definition) is 1. The van der Waals surface area contributed by atoms with Crippen LogP contribution < -0.4 is 14.8 Å². The second-order valence-corrected chi connectivity index (χ2v) is 7.62. The number of carbonyl (C=O) groups is 1. The van der Waals surface area contributed by atoms with Gasteiger partial charge in [0.25, 0.3) is 5.91 Å². The monoisotopic (exact) mass is 397 g/mol. The minimum atomic E-state index is -0.174. The minimum absolute atomic E-state index is 0.174. The Morgan fingerprint density at radius 1 is 1.18 bits per heavy atom. The molecule has 3 rings (SSSR count). The highest BCUT2D eigenvalue weighted by Gasteiger charge is 2.17. The first-order valence-corrected chi connectivity index (χ1v) is 9.78. The van der Waals surface area contributed by atoms with Crippen molar-refractivity contribution >= 4 is 22.9 Å². The van der Waals surface area contributed by atoms with E-state index in [0.717, 1.165) is 16.3 Å². The molecule has 0 aliphatic carbocycles. The predicted octanol–water partition coefficient (Wildman–Crippen LogP) is 4.81. The van der Waals surface area contributed by atoms with E-state index < -0.39 is 0 Å². The van der Waals surface area contributed by atoms with Crippen LogP contribution in [-0.2, 0) is 6.61 Å². The average molecular weight is 398 g/mol. The lowest BCUT2D eigenvalue weighted by Gasteiger charge is -2.13. The van der Waals surface area contributed by atoms with Gasteiger partial charge in [-0.15, -0.1) is 11.3 Å². The highest BCUT2D eigenvalue weighted by molar-refractivity contribution is 7.14. The summed E-state index contributed by atoms with van der Waals surface area (Å²) in [5, 5.41) is 3.88. The lowest BCUT2D eigenvalue weighted by molar-refractivity contribution is 0.103. The third-order valence-electron chi connectivity index (χ3n) is 4.08. The first-order valence-electron chi connectivity index (χ1n) is 8.96. The number of carbonyl (C=O) groups excluding carboxylic acids is 1. The number of nitrogens with zero attached hydrogens (tertiary/aromatic N) is 2. The van der Waals surface area contributed by atoms with Gasteiger partial charge in [-0.25, -0.2) is 4.98 Å². The van der Waals surface area contributed by atoms with Crippen molar-refractivity contribution in [2.45, 2.75) is 33.3 Å². The molecule has 146 valence electrons. The topological polar surface area (TPSA) is 73.3 Å². The van der Waals surface area contributed by atoms with Crippen molar-refractivity contribution < 1.29 is 14.3 Å². The molecule has 0 fully saturated rings. The first-order chi connectivity index (χ1) is 13.5. The molecule has 1 N–H and O–H groups in total. The van der Waals surface area contributed by atoms with E-state index in [9.17, 15) is 4.79 Å². The zero-order valence-electron chi connectivity index (χ0n) is 16.4. The highest BCUT2D eigenvalue weighted by Crippen LogP contribution is 2.32. The summed E-state index contributed by atoms with van der Waals surface area (Å²) in [6.07, 6.45) is 3.44. The van der Waals surface area contributed by atoms with E-state index in [-0.39, 0.29) is 5.91 Å². The second-order valence-electron chi connectivity index (χ2n) is 6.59. The molecule has 0 bridgehead atoms. The van der Waals surface area contributed by atoms with Crippen LogP contribution in [0.2, 0.25) is 0 Å². The number of ether oxygens (including phenoxy) is 2. The maximum absolute atomic E-state index is 12.7. The molecule has 2 heterocycles. The standard InChI is InChI=1S/C21H23N3O3S/c1-13(2)21-23-14(3)19(28-21)20(25)24-16-5-6-17(26-4)18(11-16)27-12-15-7-9-22-10-8-15/h5-11,13H,12H2,1-4H3,(H,24,25). The molecule has 0 aliphatic rings. The van der Waals surface area contributed by atoms with Crippen molar-refractivity contribution in [3.63, 3.8) is 0 Å². The summed E-state index contributed by atoms with van der Waals surface area (Å²) >= 11 is 1.43. The third kappa shape index (κ3) is 4.67. The quantitative estimate of drug-likeness (QED) is 0.619. The van der Waals surface area contributed by atoms with E-state index in [2.05, 4.69) is 29.1 Å². The molecule has 0 spiro atoms. The number of rotatable bonds is 7. The number of aromatic nitrogens is 2. The number of amides is 1. The number of anilines is 1. The van der Waals surface area contributed by atoms with Gasteiger partial charge in [0.15, 0.2) is 11.5 Å². The number of methoxy groups -OCH3 is 1. The molecule has 2 aromatic heterocycles. The zero-order valence-corrected chi connectivity index (χ0v) is 17.2. The Hall–Kier alpha value is -2.93. The van der Waals surface area contributed by atoms with Gasteiger partial charge in [0.05, 0.1) is 17.8 Å². The summed E-state index contributed by atoms with van der Waals surface area (Å²) < 4.78 is 11.3. The number of nitrogens with one attached hydrogen (secondary N) is 1. The highest BCUT2D eigenvalue weighted by atomic mass is 32.1. The fraction of sp³-hybridized carbons (Fsp3) is 0.286. The molecule has 3 aromatic rings. The maximum Gasteiger partial charge on any atom is 0.267 e. The Balaban J connectivity index is 1.76. The largest absolute Gasteiger partial charge is 0.493 e. The Morgan fingerprint density at radius 2 is 1.93 bits per heavy atom. The summed E-state index contributed by atoms with van der Waals surface area (Å²) in [5.41, 5.74) is 2.37. The molecule has 7 heteroatoms. The van der Waals surface area contributed by atoms with Gasteiger partial charge in [-0.2, -0.15) is 0 Å². The smallest absolute Gasteiger partial charge is 0.267 e. The molecular formula is C21H23N3O3S. The zero-order chi connectivity index (χ0) is 20.1. The van der Waals surface area contributed by atoms with Crippen molar-refractivity contribution in [1.29, 1.82) is 0 Å². The van der Waals surface area contributed by atoms with Crippen LogP contribution in [-0.4, -0.2) is 23.0 Å². The number of aryl methyl sites for hydroxylation is 1. The van der Waals surface area contributed by atoms with Gasteiger partial charge in [0.1, 0.15) is 11.5 Å². The van der Waals surface area contributed by atoms with Crippen molar-refractivity contribution in [2.75, 3.05) is 12.4 Å². The first kappa shape index (κ1) is 19.8. The van der Waals surface area contributed by atoms with Crippen LogP contribution in [0.5, 0.6) is 11.5 Å². The van der Waals surface area contributed by atoms with Crippen LogP contribution in [0.1, 0.15) is 45.7 Å². The SMILES string of the molecule is COc1ccc(NC(=O)c2sc(C(C)C)nc2C)cc1OCc1ccncc1. The molecule has 0 saturated carbocycles. The van der Waals surface area contributed by atoms with Gasteiger partial charge in [0, 0.05) is 30.1 Å². The fourth-order valence-electron chi connectivity index (χ4n) is 2.57. The molecule has 1 aromatic carbocycles. The summed E-state index contributed by atoms with van der Waals surface area (Å²) in [7, 11) is 1.58. The van der Waals surface area contributed by atoms with Crippen LogP contribution in [0.15, 0.2) is 42.7 Å². The Kier molecular flexibility index (Phi) is 6.26. The fourth-order valence-corrected chi connectivity index (χ4v) is 3.53.